The zero-order valence-electron chi connectivity index (χ0n) is 13.3. The minimum atomic E-state index is -3.03. The first-order valence-electron chi connectivity index (χ1n) is 7.95. The van der Waals surface area contributed by atoms with Crippen LogP contribution in [-0.2, 0) is 29.0 Å². The summed E-state index contributed by atoms with van der Waals surface area (Å²) in [6.45, 7) is -0.461. The quantitative estimate of drug-likeness (QED) is 0.401. The molecule has 1 heterocycles. The summed E-state index contributed by atoms with van der Waals surface area (Å²) in [6, 6.07) is 0. The molecule has 24 heavy (non-hydrogen) atoms. The molecule has 9 heteroatoms. The Labute approximate surface area is 140 Å². The fourth-order valence-corrected chi connectivity index (χ4v) is 4.65. The number of hydrogen-bond donors (Lipinski definition) is 2. The van der Waals surface area contributed by atoms with Crippen LogP contribution in [0, 0.1) is 11.8 Å². The van der Waals surface area contributed by atoms with Gasteiger partial charge in [0.15, 0.2) is 16.4 Å². The lowest BCUT2D eigenvalue weighted by molar-refractivity contribution is -0.153. The molecule has 134 valence electrons. The van der Waals surface area contributed by atoms with Crippen molar-refractivity contribution in [2.75, 3.05) is 18.1 Å². The van der Waals surface area contributed by atoms with Crippen LogP contribution in [0.25, 0.3) is 0 Å². The molecule has 0 unspecified atom stereocenters. The average molecular weight is 358 g/mol. The van der Waals surface area contributed by atoms with Crippen LogP contribution in [0.1, 0.15) is 32.1 Å². The fourth-order valence-electron chi connectivity index (χ4n) is 2.78. The highest BCUT2D eigenvalue weighted by molar-refractivity contribution is 7.91. The van der Waals surface area contributed by atoms with Gasteiger partial charge < -0.3 is 4.74 Å². The number of esters is 1. The van der Waals surface area contributed by atoms with Crippen LogP contribution in [0.4, 0.5) is 0 Å². The second kappa shape index (κ2) is 8.27. The lowest BCUT2D eigenvalue weighted by atomic mass is 9.95. The summed E-state index contributed by atoms with van der Waals surface area (Å²) in [4.78, 5) is 35.0. The predicted octanol–water partition coefficient (Wildman–Crippen LogP) is -0.142. The summed E-state index contributed by atoms with van der Waals surface area (Å²) in [5, 5.41) is 0. The van der Waals surface area contributed by atoms with Gasteiger partial charge in [-0.3, -0.25) is 25.2 Å². The number of amides is 2. The Balaban J connectivity index is 1.61. The van der Waals surface area contributed by atoms with E-state index >= 15 is 0 Å². The number of ether oxygens (including phenoxy) is 1. The molecule has 0 aromatic heterocycles. The lowest BCUT2D eigenvalue weighted by Crippen LogP contribution is -2.44. The molecule has 0 spiro atoms. The summed E-state index contributed by atoms with van der Waals surface area (Å²) >= 11 is 0. The zero-order chi connectivity index (χ0) is 17.6. The van der Waals surface area contributed by atoms with Gasteiger partial charge in [0, 0.05) is 6.42 Å². The largest absolute Gasteiger partial charge is 0.455 e. The van der Waals surface area contributed by atoms with Gasteiger partial charge in [-0.1, -0.05) is 12.2 Å². The van der Waals surface area contributed by atoms with Crippen molar-refractivity contribution in [2.24, 2.45) is 11.8 Å². The molecule has 0 saturated carbocycles. The van der Waals surface area contributed by atoms with Crippen LogP contribution in [0.15, 0.2) is 12.2 Å². The topological polar surface area (TPSA) is 119 Å². The predicted molar refractivity (Wildman–Crippen MR) is 85.1 cm³/mol. The molecular weight excluding hydrogens is 336 g/mol. The van der Waals surface area contributed by atoms with Crippen molar-refractivity contribution in [3.63, 3.8) is 0 Å². The van der Waals surface area contributed by atoms with Crippen molar-refractivity contribution in [3.05, 3.63) is 12.2 Å². The third kappa shape index (κ3) is 5.95. The van der Waals surface area contributed by atoms with Crippen molar-refractivity contribution in [2.45, 2.75) is 32.1 Å². The van der Waals surface area contributed by atoms with Crippen LogP contribution in [-0.4, -0.2) is 44.3 Å². The number of hydrogen-bond acceptors (Lipinski definition) is 6. The first kappa shape index (κ1) is 18.4. The second-order valence-electron chi connectivity index (χ2n) is 6.16. The van der Waals surface area contributed by atoms with Crippen LogP contribution in [0.5, 0.6) is 0 Å². The molecule has 1 aliphatic carbocycles. The number of nitrogens with one attached hydrogen (secondary N) is 2. The Morgan fingerprint density at radius 2 is 1.83 bits per heavy atom. The molecule has 1 saturated heterocycles. The lowest BCUT2D eigenvalue weighted by Gasteiger charge is -2.16. The number of sulfone groups is 1. The van der Waals surface area contributed by atoms with E-state index in [2.05, 4.69) is 10.9 Å². The molecular formula is C15H22N2O6S. The van der Waals surface area contributed by atoms with E-state index in [9.17, 15) is 22.8 Å². The molecule has 0 radical (unpaired) electrons. The molecule has 2 N–H and O–H groups in total. The van der Waals surface area contributed by atoms with Gasteiger partial charge in [-0.05, 0) is 31.6 Å². The fraction of sp³-hybridized carbons (Fsp3) is 0.667. The van der Waals surface area contributed by atoms with Crippen LogP contribution in [0.3, 0.4) is 0 Å². The van der Waals surface area contributed by atoms with Gasteiger partial charge in [0.2, 0.25) is 5.91 Å². The van der Waals surface area contributed by atoms with E-state index in [0.29, 0.717) is 19.3 Å². The van der Waals surface area contributed by atoms with E-state index < -0.39 is 34.2 Å². The van der Waals surface area contributed by atoms with E-state index in [4.69, 9.17) is 4.74 Å². The second-order valence-corrected chi connectivity index (χ2v) is 8.39. The highest BCUT2D eigenvalue weighted by Crippen LogP contribution is 2.21. The average Bonchev–Trinajstić information content (AvgIpc) is 2.90. The zero-order valence-corrected chi connectivity index (χ0v) is 14.1. The Kier molecular flexibility index (Phi) is 6.36. The van der Waals surface area contributed by atoms with Gasteiger partial charge in [0.05, 0.1) is 17.4 Å². The standard InChI is InChI=1S/C15H22N2O6S/c18-13(8-11-6-7-24(21,22)10-11)16-17-14(19)9-23-15(20)12-4-2-1-3-5-12/h1-2,11-12H,3-10H2,(H,16,18)(H,17,19)/t11-,12+/m0/s1. The van der Waals surface area contributed by atoms with Gasteiger partial charge in [-0.2, -0.15) is 0 Å². The molecule has 2 atom stereocenters. The molecule has 8 nitrogen and oxygen atoms in total. The molecule has 2 aliphatic rings. The van der Waals surface area contributed by atoms with Crippen molar-refractivity contribution < 1.29 is 27.5 Å². The summed E-state index contributed by atoms with van der Waals surface area (Å²) in [7, 11) is -3.03. The van der Waals surface area contributed by atoms with E-state index in [1.54, 1.807) is 0 Å². The maximum atomic E-state index is 11.8. The normalized spacial score (nSPS) is 25.0. The molecule has 0 aromatic rings. The molecule has 0 aromatic carbocycles. The van der Waals surface area contributed by atoms with Crippen LogP contribution < -0.4 is 10.9 Å². The van der Waals surface area contributed by atoms with Crippen LogP contribution in [0.2, 0.25) is 0 Å². The number of rotatable bonds is 5. The third-order valence-electron chi connectivity index (χ3n) is 4.09. The summed E-state index contributed by atoms with van der Waals surface area (Å²) in [6.07, 6.45) is 6.55. The maximum Gasteiger partial charge on any atom is 0.309 e. The Morgan fingerprint density at radius 1 is 1.08 bits per heavy atom. The van der Waals surface area contributed by atoms with E-state index in [1.165, 1.54) is 0 Å². The van der Waals surface area contributed by atoms with Gasteiger partial charge in [-0.15, -0.1) is 0 Å². The summed E-state index contributed by atoms with van der Waals surface area (Å²) < 4.78 is 27.5. The van der Waals surface area contributed by atoms with Crippen molar-refractivity contribution >= 4 is 27.6 Å². The minimum absolute atomic E-state index is 0.00180. The smallest absolute Gasteiger partial charge is 0.309 e. The van der Waals surface area contributed by atoms with Crippen molar-refractivity contribution in [1.29, 1.82) is 0 Å². The Hall–Kier alpha value is -1.90. The maximum absolute atomic E-state index is 11.8. The number of allylic oxidation sites excluding steroid dienone is 2. The molecule has 1 fully saturated rings. The number of carbonyl (C=O) groups excluding carboxylic acids is 3. The number of hydrazine groups is 1. The molecule has 2 amide bonds. The molecule has 0 bridgehead atoms. The Bertz CT molecular complexity index is 628. The minimum Gasteiger partial charge on any atom is -0.455 e. The van der Waals surface area contributed by atoms with E-state index in [1.807, 2.05) is 12.2 Å². The third-order valence-corrected chi connectivity index (χ3v) is 5.93. The molecule has 1 aliphatic heterocycles. The first-order valence-corrected chi connectivity index (χ1v) is 9.77. The first-order chi connectivity index (χ1) is 11.4. The van der Waals surface area contributed by atoms with Gasteiger partial charge >= 0.3 is 5.97 Å². The van der Waals surface area contributed by atoms with Crippen LogP contribution >= 0.6 is 0 Å². The summed E-state index contributed by atoms with van der Waals surface area (Å²) in [5.74, 6) is -1.86. The van der Waals surface area contributed by atoms with E-state index in [-0.39, 0.29) is 29.8 Å². The summed E-state index contributed by atoms with van der Waals surface area (Å²) in [5.41, 5.74) is 4.36. The van der Waals surface area contributed by atoms with Crippen molar-refractivity contribution in [1.82, 2.24) is 10.9 Å². The highest BCUT2D eigenvalue weighted by atomic mass is 32.2. The SMILES string of the molecule is O=C(COC(=O)[C@@H]1CC=CCC1)NNC(=O)C[C@@H]1CCS(=O)(=O)C1. The molecule has 2 rings (SSSR count). The Morgan fingerprint density at radius 3 is 2.46 bits per heavy atom. The van der Waals surface area contributed by atoms with Gasteiger partial charge in [0.1, 0.15) is 0 Å². The number of carbonyl (C=O) groups is 3. The van der Waals surface area contributed by atoms with Crippen molar-refractivity contribution in [3.8, 4) is 0 Å². The van der Waals surface area contributed by atoms with Gasteiger partial charge in [0.25, 0.3) is 5.91 Å². The monoisotopic (exact) mass is 358 g/mol. The van der Waals surface area contributed by atoms with E-state index in [0.717, 1.165) is 6.42 Å². The highest BCUT2D eigenvalue weighted by Gasteiger charge is 2.29. The van der Waals surface area contributed by atoms with Gasteiger partial charge in [-0.25, -0.2) is 8.42 Å².